The van der Waals surface area contributed by atoms with Gasteiger partial charge in [0, 0.05) is 4.92 Å². The standard InChI is InChI=1S/C11H12FNO5/c1-11(2,6-13(15)16)9-5-7(12)3-4-8(9)10(14)18-17/h3-5,17H,6H2,1-2H3. The summed E-state index contributed by atoms with van der Waals surface area (Å²) in [7, 11) is 0. The monoisotopic (exact) mass is 257 g/mol. The Labute approximate surface area is 102 Å². The highest BCUT2D eigenvalue weighted by atomic mass is 19.1. The van der Waals surface area contributed by atoms with Gasteiger partial charge in [0.25, 0.3) is 0 Å². The topological polar surface area (TPSA) is 89.7 Å². The average molecular weight is 257 g/mol. The summed E-state index contributed by atoms with van der Waals surface area (Å²) in [6.45, 7) is 2.51. The Kier molecular flexibility index (Phi) is 3.97. The second-order valence-corrected chi connectivity index (χ2v) is 4.44. The summed E-state index contributed by atoms with van der Waals surface area (Å²) >= 11 is 0. The van der Waals surface area contributed by atoms with Crippen LogP contribution in [-0.4, -0.2) is 22.7 Å². The Morgan fingerprint density at radius 3 is 2.67 bits per heavy atom. The van der Waals surface area contributed by atoms with E-state index < -0.39 is 28.7 Å². The number of nitrogens with zero attached hydrogens (tertiary/aromatic N) is 1. The zero-order chi connectivity index (χ0) is 13.9. The number of halogens is 1. The van der Waals surface area contributed by atoms with Gasteiger partial charge in [-0.3, -0.25) is 15.0 Å². The van der Waals surface area contributed by atoms with E-state index in [2.05, 4.69) is 4.89 Å². The molecule has 0 bridgehead atoms. The fourth-order valence-electron chi connectivity index (χ4n) is 1.71. The number of benzene rings is 1. The van der Waals surface area contributed by atoms with Crippen LogP contribution in [0.4, 0.5) is 4.39 Å². The quantitative estimate of drug-likeness (QED) is 0.506. The van der Waals surface area contributed by atoms with E-state index in [0.29, 0.717) is 0 Å². The molecule has 0 heterocycles. The molecule has 0 spiro atoms. The van der Waals surface area contributed by atoms with Gasteiger partial charge in [-0.05, 0) is 37.6 Å². The third-order valence-electron chi connectivity index (χ3n) is 2.54. The Morgan fingerprint density at radius 2 is 2.17 bits per heavy atom. The number of hydrogen-bond acceptors (Lipinski definition) is 5. The Morgan fingerprint density at radius 1 is 1.56 bits per heavy atom. The van der Waals surface area contributed by atoms with Gasteiger partial charge >= 0.3 is 5.97 Å². The van der Waals surface area contributed by atoms with Gasteiger partial charge < -0.3 is 0 Å². The third-order valence-corrected chi connectivity index (χ3v) is 2.54. The van der Waals surface area contributed by atoms with Gasteiger partial charge in [-0.25, -0.2) is 9.18 Å². The number of rotatable bonds is 4. The highest BCUT2D eigenvalue weighted by Gasteiger charge is 2.32. The van der Waals surface area contributed by atoms with Crippen molar-refractivity contribution >= 4 is 5.97 Å². The normalized spacial score (nSPS) is 11.1. The maximum absolute atomic E-state index is 13.2. The number of carbonyl (C=O) groups excluding carboxylic acids is 1. The van der Waals surface area contributed by atoms with Crippen molar-refractivity contribution in [3.05, 3.63) is 45.3 Å². The third kappa shape index (κ3) is 3.01. The molecule has 18 heavy (non-hydrogen) atoms. The minimum atomic E-state index is -1.08. The highest BCUT2D eigenvalue weighted by molar-refractivity contribution is 5.91. The maximum atomic E-state index is 13.2. The van der Waals surface area contributed by atoms with Gasteiger partial charge in [0.2, 0.25) is 6.54 Å². The minimum Gasteiger partial charge on any atom is -0.295 e. The minimum absolute atomic E-state index is 0.106. The van der Waals surface area contributed by atoms with E-state index in [-0.39, 0.29) is 11.1 Å². The van der Waals surface area contributed by atoms with E-state index in [9.17, 15) is 19.3 Å². The van der Waals surface area contributed by atoms with Gasteiger partial charge in [0.15, 0.2) is 0 Å². The number of nitro groups is 1. The lowest BCUT2D eigenvalue weighted by atomic mass is 9.81. The first-order valence-electron chi connectivity index (χ1n) is 5.05. The van der Waals surface area contributed by atoms with Gasteiger partial charge in [0.05, 0.1) is 11.0 Å². The van der Waals surface area contributed by atoms with Crippen molar-refractivity contribution in [2.45, 2.75) is 19.3 Å². The molecule has 0 aliphatic rings. The van der Waals surface area contributed by atoms with Crippen LogP contribution in [0.15, 0.2) is 18.2 Å². The molecule has 0 unspecified atom stereocenters. The first-order chi connectivity index (χ1) is 8.27. The Hall–Kier alpha value is -2.02. The fraction of sp³-hybridized carbons (Fsp3) is 0.364. The zero-order valence-corrected chi connectivity index (χ0v) is 9.84. The van der Waals surface area contributed by atoms with Crippen molar-refractivity contribution in [3.8, 4) is 0 Å². The number of hydrogen-bond donors (Lipinski definition) is 1. The van der Waals surface area contributed by atoms with Crippen LogP contribution < -0.4 is 0 Å². The Balaban J connectivity index is 3.32. The highest BCUT2D eigenvalue weighted by Crippen LogP contribution is 2.28. The lowest BCUT2D eigenvalue weighted by Gasteiger charge is -2.22. The summed E-state index contributed by atoms with van der Waals surface area (Å²) in [5.41, 5.74) is -1.07. The summed E-state index contributed by atoms with van der Waals surface area (Å²) in [5.74, 6) is -1.71. The largest absolute Gasteiger partial charge is 0.373 e. The molecule has 0 saturated carbocycles. The summed E-state index contributed by atoms with van der Waals surface area (Å²) in [6.07, 6.45) is 0. The molecule has 0 aliphatic heterocycles. The van der Waals surface area contributed by atoms with E-state index >= 15 is 0 Å². The fourth-order valence-corrected chi connectivity index (χ4v) is 1.71. The molecule has 1 aromatic rings. The number of carbonyl (C=O) groups is 1. The van der Waals surface area contributed by atoms with Crippen LogP contribution in [0, 0.1) is 15.9 Å². The van der Waals surface area contributed by atoms with E-state index in [1.165, 1.54) is 13.8 Å². The van der Waals surface area contributed by atoms with Crippen molar-refractivity contribution in [2.24, 2.45) is 0 Å². The zero-order valence-electron chi connectivity index (χ0n) is 9.84. The van der Waals surface area contributed by atoms with Gasteiger partial charge in [0.1, 0.15) is 5.82 Å². The van der Waals surface area contributed by atoms with E-state index in [0.717, 1.165) is 18.2 Å². The molecule has 0 aromatic heterocycles. The molecule has 7 heteroatoms. The molecule has 1 N–H and O–H groups in total. The lowest BCUT2D eigenvalue weighted by Crippen LogP contribution is -2.30. The molecular weight excluding hydrogens is 245 g/mol. The summed E-state index contributed by atoms with van der Waals surface area (Å²) in [5, 5.41) is 18.9. The summed E-state index contributed by atoms with van der Waals surface area (Å²) in [4.78, 5) is 24.9. The molecule has 0 amide bonds. The van der Waals surface area contributed by atoms with E-state index in [1.807, 2.05) is 0 Å². The maximum Gasteiger partial charge on any atom is 0.373 e. The predicted octanol–water partition coefficient (Wildman–Crippen LogP) is 2.01. The average Bonchev–Trinajstić information content (AvgIpc) is 2.26. The molecule has 98 valence electrons. The summed E-state index contributed by atoms with van der Waals surface area (Å²) in [6, 6.07) is 3.15. The second-order valence-electron chi connectivity index (χ2n) is 4.44. The summed E-state index contributed by atoms with van der Waals surface area (Å²) < 4.78 is 13.2. The first-order valence-corrected chi connectivity index (χ1v) is 5.05. The van der Waals surface area contributed by atoms with Crippen molar-refractivity contribution in [1.82, 2.24) is 0 Å². The van der Waals surface area contributed by atoms with Crippen LogP contribution in [0.5, 0.6) is 0 Å². The molecule has 1 rings (SSSR count). The van der Waals surface area contributed by atoms with Crippen molar-refractivity contribution in [2.75, 3.05) is 6.54 Å². The van der Waals surface area contributed by atoms with Crippen LogP contribution in [0.25, 0.3) is 0 Å². The first kappa shape index (κ1) is 14.0. The van der Waals surface area contributed by atoms with Gasteiger partial charge in [-0.15, -0.1) is 0 Å². The van der Waals surface area contributed by atoms with Crippen LogP contribution >= 0.6 is 0 Å². The lowest BCUT2D eigenvalue weighted by molar-refractivity contribution is -0.489. The van der Waals surface area contributed by atoms with Crippen molar-refractivity contribution < 1.29 is 24.3 Å². The second kappa shape index (κ2) is 5.09. The predicted molar refractivity (Wildman–Crippen MR) is 59.3 cm³/mol. The van der Waals surface area contributed by atoms with Gasteiger partial charge in [-0.1, -0.05) is 0 Å². The molecule has 0 fully saturated rings. The molecule has 6 nitrogen and oxygen atoms in total. The van der Waals surface area contributed by atoms with Crippen LogP contribution in [0.1, 0.15) is 29.8 Å². The molecule has 1 aromatic carbocycles. The van der Waals surface area contributed by atoms with Crippen molar-refractivity contribution in [1.29, 1.82) is 0 Å². The molecule has 0 aliphatic carbocycles. The molecule has 0 saturated heterocycles. The Bertz CT molecular complexity index is 486. The van der Waals surface area contributed by atoms with Gasteiger partial charge in [-0.2, -0.15) is 5.26 Å². The molecular formula is C11H12FNO5. The SMILES string of the molecule is CC(C)(C[N+](=O)[O-])c1cc(F)ccc1C(=O)OO. The van der Waals surface area contributed by atoms with Crippen LogP contribution in [-0.2, 0) is 10.3 Å². The van der Waals surface area contributed by atoms with E-state index in [1.54, 1.807) is 0 Å². The van der Waals surface area contributed by atoms with Crippen LogP contribution in [0.3, 0.4) is 0 Å². The molecule has 0 atom stereocenters. The smallest absolute Gasteiger partial charge is 0.295 e. The molecule has 0 radical (unpaired) electrons. The van der Waals surface area contributed by atoms with Crippen LogP contribution in [0.2, 0.25) is 0 Å². The van der Waals surface area contributed by atoms with E-state index in [4.69, 9.17) is 5.26 Å². The van der Waals surface area contributed by atoms with Crippen molar-refractivity contribution in [3.63, 3.8) is 0 Å².